The molecule has 0 aliphatic carbocycles. The molecule has 0 radical (unpaired) electrons. The fraction of sp³-hybridized carbons (Fsp3) is 0.318. The van der Waals surface area contributed by atoms with Crippen molar-refractivity contribution in [3.8, 4) is 0 Å². The number of amides is 3. The number of nitrogens with one attached hydrogen (secondary N) is 3. The highest BCUT2D eigenvalue weighted by Crippen LogP contribution is 2.09. The van der Waals surface area contributed by atoms with Gasteiger partial charge in [0.2, 0.25) is 17.2 Å². The second kappa shape index (κ2) is 9.65. The number of benzene rings is 1. The Morgan fingerprint density at radius 2 is 1.91 bits per heavy atom. The molecule has 1 aliphatic heterocycles. The van der Waals surface area contributed by atoms with Crippen LogP contribution in [0.2, 0.25) is 0 Å². The Bertz CT molecular complexity index is 1240. The van der Waals surface area contributed by atoms with E-state index in [1.54, 1.807) is 42.2 Å². The Morgan fingerprint density at radius 1 is 1.15 bits per heavy atom. The SMILES string of the molecule is Cc1cc(NC(=O)CN2CCN(C(=O)CNC(=O)c3c[nH]c4ccccc4c3=O)CC2)no1. The molecule has 2 aromatic heterocycles. The summed E-state index contributed by atoms with van der Waals surface area (Å²) in [5.41, 5.74) is 0.208. The van der Waals surface area contributed by atoms with Crippen LogP contribution in [0.4, 0.5) is 5.82 Å². The number of hydrogen-bond acceptors (Lipinski definition) is 7. The van der Waals surface area contributed by atoms with Gasteiger partial charge in [-0.1, -0.05) is 17.3 Å². The van der Waals surface area contributed by atoms with E-state index in [2.05, 4.69) is 20.8 Å². The first-order chi connectivity index (χ1) is 15.9. The van der Waals surface area contributed by atoms with Crippen molar-refractivity contribution in [1.29, 1.82) is 0 Å². The summed E-state index contributed by atoms with van der Waals surface area (Å²) in [5.74, 6) is -0.0884. The third-order valence-electron chi connectivity index (χ3n) is 5.42. The Kier molecular flexibility index (Phi) is 6.50. The summed E-state index contributed by atoms with van der Waals surface area (Å²) in [6.45, 7) is 3.61. The van der Waals surface area contributed by atoms with Crippen molar-refractivity contribution in [1.82, 2.24) is 25.3 Å². The number of hydrogen-bond donors (Lipinski definition) is 3. The molecule has 33 heavy (non-hydrogen) atoms. The van der Waals surface area contributed by atoms with Gasteiger partial charge in [0.05, 0.1) is 13.1 Å². The van der Waals surface area contributed by atoms with E-state index < -0.39 is 5.91 Å². The molecule has 0 saturated carbocycles. The summed E-state index contributed by atoms with van der Waals surface area (Å²) >= 11 is 0. The Labute approximate surface area is 188 Å². The molecule has 11 heteroatoms. The van der Waals surface area contributed by atoms with Gasteiger partial charge in [0, 0.05) is 49.3 Å². The lowest BCUT2D eigenvalue weighted by Crippen LogP contribution is -2.52. The summed E-state index contributed by atoms with van der Waals surface area (Å²) in [5, 5.41) is 9.34. The van der Waals surface area contributed by atoms with Crippen LogP contribution in [0.5, 0.6) is 0 Å². The maximum atomic E-state index is 12.5. The van der Waals surface area contributed by atoms with E-state index in [1.807, 2.05) is 4.90 Å². The van der Waals surface area contributed by atoms with Crippen LogP contribution in [0.1, 0.15) is 16.1 Å². The number of piperazine rings is 1. The van der Waals surface area contributed by atoms with E-state index in [1.165, 1.54) is 6.20 Å². The van der Waals surface area contributed by atoms with Crippen molar-refractivity contribution in [2.75, 3.05) is 44.6 Å². The Morgan fingerprint density at radius 3 is 2.64 bits per heavy atom. The highest BCUT2D eigenvalue weighted by molar-refractivity contribution is 5.98. The molecule has 3 N–H and O–H groups in total. The van der Waals surface area contributed by atoms with Crippen molar-refractivity contribution >= 4 is 34.4 Å². The standard InChI is InChI=1S/C22H24N6O5/c1-14-10-18(26-33-14)25-19(29)13-27-6-8-28(9-7-27)20(30)12-24-22(32)16-11-23-17-5-3-2-4-15(17)21(16)31/h2-5,10-11H,6-9,12-13H2,1H3,(H,23,31)(H,24,32)(H,25,26,29). The van der Waals surface area contributed by atoms with Crippen molar-refractivity contribution < 1.29 is 18.9 Å². The third-order valence-corrected chi connectivity index (χ3v) is 5.42. The molecule has 172 valence electrons. The number of nitrogens with zero attached hydrogens (tertiary/aromatic N) is 3. The van der Waals surface area contributed by atoms with Crippen LogP contribution < -0.4 is 16.1 Å². The molecule has 4 rings (SSSR count). The summed E-state index contributed by atoms with van der Waals surface area (Å²) in [4.78, 5) is 56.1. The molecule has 3 amide bonds. The second-order valence-corrected chi connectivity index (χ2v) is 7.79. The number of pyridine rings is 1. The second-order valence-electron chi connectivity index (χ2n) is 7.79. The van der Waals surface area contributed by atoms with Crippen molar-refractivity contribution in [2.45, 2.75) is 6.92 Å². The molecule has 0 atom stereocenters. The van der Waals surface area contributed by atoms with Crippen molar-refractivity contribution in [3.63, 3.8) is 0 Å². The molecule has 1 fully saturated rings. The molecule has 3 aromatic rings. The first-order valence-corrected chi connectivity index (χ1v) is 10.5. The van der Waals surface area contributed by atoms with Crippen LogP contribution in [-0.4, -0.2) is 76.9 Å². The lowest BCUT2D eigenvalue weighted by molar-refractivity contribution is -0.132. The van der Waals surface area contributed by atoms with E-state index >= 15 is 0 Å². The Balaban J connectivity index is 1.24. The first kappa shape index (κ1) is 22.2. The predicted octanol–water partition coefficient (Wildman–Crippen LogP) is 0.337. The molecule has 0 spiro atoms. The monoisotopic (exact) mass is 452 g/mol. The minimum atomic E-state index is -0.603. The molecular formula is C22H24N6O5. The van der Waals surface area contributed by atoms with Gasteiger partial charge in [-0.25, -0.2) is 0 Å². The van der Waals surface area contributed by atoms with E-state index in [0.717, 1.165) is 0 Å². The summed E-state index contributed by atoms with van der Waals surface area (Å²) < 4.78 is 4.92. The first-order valence-electron chi connectivity index (χ1n) is 10.5. The van der Waals surface area contributed by atoms with E-state index in [-0.39, 0.29) is 35.9 Å². The zero-order valence-electron chi connectivity index (χ0n) is 18.1. The summed E-state index contributed by atoms with van der Waals surface area (Å²) in [7, 11) is 0. The third kappa shape index (κ3) is 5.26. The largest absolute Gasteiger partial charge is 0.360 e. The molecular weight excluding hydrogens is 428 g/mol. The van der Waals surface area contributed by atoms with Gasteiger partial charge in [0.15, 0.2) is 5.82 Å². The number of aromatic amines is 1. The van der Waals surface area contributed by atoms with Gasteiger partial charge in [0.25, 0.3) is 5.91 Å². The molecule has 11 nitrogen and oxygen atoms in total. The Hall–Kier alpha value is -3.99. The minimum absolute atomic E-state index is 0.0420. The molecule has 1 aliphatic rings. The highest BCUT2D eigenvalue weighted by Gasteiger charge is 2.23. The fourth-order valence-electron chi connectivity index (χ4n) is 3.67. The molecule has 3 heterocycles. The topological polar surface area (TPSA) is 141 Å². The smallest absolute Gasteiger partial charge is 0.257 e. The van der Waals surface area contributed by atoms with Crippen LogP contribution in [0.15, 0.2) is 45.8 Å². The van der Waals surface area contributed by atoms with Gasteiger partial charge in [-0.05, 0) is 19.1 Å². The van der Waals surface area contributed by atoms with Crippen LogP contribution in [0.3, 0.4) is 0 Å². The summed E-state index contributed by atoms with van der Waals surface area (Å²) in [6, 6.07) is 8.54. The number of anilines is 1. The van der Waals surface area contributed by atoms with Gasteiger partial charge in [0.1, 0.15) is 11.3 Å². The molecule has 0 bridgehead atoms. The maximum absolute atomic E-state index is 12.5. The number of carbonyl (C=O) groups excluding carboxylic acids is 3. The highest BCUT2D eigenvalue weighted by atomic mass is 16.5. The van der Waals surface area contributed by atoms with Crippen LogP contribution in [-0.2, 0) is 9.59 Å². The van der Waals surface area contributed by atoms with Crippen LogP contribution in [0.25, 0.3) is 10.9 Å². The normalized spacial score (nSPS) is 14.3. The fourth-order valence-corrected chi connectivity index (χ4v) is 3.67. The average Bonchev–Trinajstić information content (AvgIpc) is 3.22. The molecule has 1 aromatic carbocycles. The number of carbonyl (C=O) groups is 3. The number of fused-ring (bicyclic) bond motifs is 1. The van der Waals surface area contributed by atoms with Gasteiger partial charge in [-0.15, -0.1) is 0 Å². The summed E-state index contributed by atoms with van der Waals surface area (Å²) in [6.07, 6.45) is 1.36. The maximum Gasteiger partial charge on any atom is 0.257 e. The van der Waals surface area contributed by atoms with Gasteiger partial charge < -0.3 is 25.0 Å². The average molecular weight is 452 g/mol. The number of H-pyrrole nitrogens is 1. The van der Waals surface area contributed by atoms with Gasteiger partial charge in [-0.2, -0.15) is 0 Å². The van der Waals surface area contributed by atoms with Crippen molar-refractivity contribution in [2.24, 2.45) is 0 Å². The van der Waals surface area contributed by atoms with Gasteiger partial charge >= 0.3 is 0 Å². The van der Waals surface area contributed by atoms with E-state index in [0.29, 0.717) is 48.7 Å². The van der Waals surface area contributed by atoms with Crippen LogP contribution >= 0.6 is 0 Å². The lowest BCUT2D eigenvalue weighted by Gasteiger charge is -2.34. The zero-order chi connectivity index (χ0) is 23.4. The minimum Gasteiger partial charge on any atom is -0.360 e. The number of aryl methyl sites for hydroxylation is 1. The number of rotatable bonds is 6. The lowest BCUT2D eigenvalue weighted by atomic mass is 10.1. The van der Waals surface area contributed by atoms with Crippen molar-refractivity contribution in [3.05, 3.63) is 58.1 Å². The van der Waals surface area contributed by atoms with E-state index in [9.17, 15) is 19.2 Å². The van der Waals surface area contributed by atoms with Gasteiger partial charge in [-0.3, -0.25) is 24.1 Å². The van der Waals surface area contributed by atoms with Crippen LogP contribution in [0, 0.1) is 6.92 Å². The quantitative estimate of drug-likeness (QED) is 0.490. The number of para-hydroxylation sites is 1. The molecule has 0 unspecified atom stereocenters. The zero-order valence-corrected chi connectivity index (χ0v) is 18.1. The number of aromatic nitrogens is 2. The molecule has 1 saturated heterocycles. The predicted molar refractivity (Wildman–Crippen MR) is 120 cm³/mol. The van der Waals surface area contributed by atoms with E-state index in [4.69, 9.17) is 4.52 Å².